The number of halogens is 1. The summed E-state index contributed by atoms with van der Waals surface area (Å²) in [7, 11) is -4.08. The van der Waals surface area contributed by atoms with Gasteiger partial charge in [-0.2, -0.15) is 0 Å². The van der Waals surface area contributed by atoms with Crippen LogP contribution in [0, 0.1) is 11.7 Å². The van der Waals surface area contributed by atoms with Gasteiger partial charge >= 0.3 is 0 Å². The van der Waals surface area contributed by atoms with Gasteiger partial charge in [-0.1, -0.05) is 25.2 Å². The van der Waals surface area contributed by atoms with Crippen LogP contribution < -0.4 is 10.5 Å². The summed E-state index contributed by atoms with van der Waals surface area (Å²) >= 11 is 1.13. The lowest BCUT2D eigenvalue weighted by atomic mass is 10.1. The van der Waals surface area contributed by atoms with E-state index in [4.69, 9.17) is 5.73 Å². The summed E-state index contributed by atoms with van der Waals surface area (Å²) in [6.45, 7) is 4.04. The summed E-state index contributed by atoms with van der Waals surface area (Å²) in [5.74, 6) is -0.489. The van der Waals surface area contributed by atoms with E-state index in [1.54, 1.807) is 0 Å². The molecule has 1 aromatic carbocycles. The third kappa shape index (κ3) is 3.88. The lowest BCUT2D eigenvalue weighted by molar-refractivity contribution is 0.570. The van der Waals surface area contributed by atoms with Crippen molar-refractivity contribution in [3.63, 3.8) is 0 Å². The topological polar surface area (TPSA) is 98.0 Å². The minimum atomic E-state index is -4.08. The molecule has 0 bridgehead atoms. The minimum Gasteiger partial charge on any atom is -0.399 e. The quantitative estimate of drug-likeness (QED) is 0.819. The number of hydrogen-bond acceptors (Lipinski definition) is 6. The van der Waals surface area contributed by atoms with Crippen molar-refractivity contribution in [3.05, 3.63) is 29.0 Å². The fourth-order valence-corrected chi connectivity index (χ4v) is 3.92. The van der Waals surface area contributed by atoms with Crippen molar-refractivity contribution in [2.75, 3.05) is 10.5 Å². The fraction of sp³-hybridized carbons (Fsp3) is 0.333. The number of sulfonamides is 1. The van der Waals surface area contributed by atoms with Gasteiger partial charge in [-0.15, -0.1) is 10.2 Å². The second kappa shape index (κ2) is 5.94. The molecule has 21 heavy (non-hydrogen) atoms. The molecule has 2 aromatic rings. The summed E-state index contributed by atoms with van der Waals surface area (Å²) in [6, 6.07) is 3.36. The molecule has 1 aromatic heterocycles. The lowest BCUT2D eigenvalue weighted by Crippen LogP contribution is -2.14. The van der Waals surface area contributed by atoms with Crippen LogP contribution in [0.4, 0.5) is 15.2 Å². The zero-order chi connectivity index (χ0) is 15.6. The van der Waals surface area contributed by atoms with Gasteiger partial charge in [-0.25, -0.2) is 12.8 Å². The Hall–Kier alpha value is -1.74. The van der Waals surface area contributed by atoms with Gasteiger partial charge in [-0.05, 0) is 24.1 Å². The molecule has 0 fully saturated rings. The van der Waals surface area contributed by atoms with Crippen molar-refractivity contribution in [3.8, 4) is 0 Å². The number of benzene rings is 1. The molecule has 6 nitrogen and oxygen atoms in total. The maximum absolute atomic E-state index is 13.6. The molecule has 0 aliphatic heterocycles. The molecule has 2 rings (SSSR count). The van der Waals surface area contributed by atoms with E-state index >= 15 is 0 Å². The normalized spacial score (nSPS) is 11.8. The van der Waals surface area contributed by atoms with Crippen LogP contribution in [0.25, 0.3) is 0 Å². The highest BCUT2D eigenvalue weighted by Gasteiger charge is 2.21. The predicted molar refractivity (Wildman–Crippen MR) is 80.1 cm³/mol. The maximum atomic E-state index is 13.6. The SMILES string of the molecule is CC(C)Cc1nnc(NS(=O)(=O)c2cc(N)ccc2F)s1. The molecule has 0 unspecified atom stereocenters. The van der Waals surface area contributed by atoms with Gasteiger partial charge in [0.1, 0.15) is 15.7 Å². The van der Waals surface area contributed by atoms with E-state index in [9.17, 15) is 12.8 Å². The summed E-state index contributed by atoms with van der Waals surface area (Å²) in [5, 5.41) is 8.48. The molecule has 1 heterocycles. The van der Waals surface area contributed by atoms with Crippen LogP contribution in [-0.2, 0) is 16.4 Å². The summed E-state index contributed by atoms with van der Waals surface area (Å²) in [6.07, 6.45) is 0.700. The summed E-state index contributed by atoms with van der Waals surface area (Å²) in [5.41, 5.74) is 5.65. The first kappa shape index (κ1) is 15.6. The van der Waals surface area contributed by atoms with E-state index in [-0.39, 0.29) is 10.8 Å². The average Bonchev–Trinajstić information content (AvgIpc) is 2.77. The largest absolute Gasteiger partial charge is 0.399 e. The zero-order valence-corrected chi connectivity index (χ0v) is 13.1. The molecular formula is C12H15FN4O2S2. The van der Waals surface area contributed by atoms with E-state index in [0.717, 1.165) is 28.5 Å². The van der Waals surface area contributed by atoms with Crippen LogP contribution in [-0.4, -0.2) is 18.6 Å². The Labute approximate surface area is 126 Å². The minimum absolute atomic E-state index is 0.104. The zero-order valence-electron chi connectivity index (χ0n) is 11.5. The van der Waals surface area contributed by atoms with Gasteiger partial charge in [-0.3, -0.25) is 4.72 Å². The second-order valence-corrected chi connectivity index (χ2v) is 7.61. The molecule has 0 radical (unpaired) electrons. The molecule has 0 aliphatic rings. The van der Waals surface area contributed by atoms with Gasteiger partial charge in [0.15, 0.2) is 0 Å². The van der Waals surface area contributed by atoms with Gasteiger partial charge in [0, 0.05) is 12.1 Å². The first-order valence-electron chi connectivity index (χ1n) is 6.18. The van der Waals surface area contributed by atoms with Gasteiger partial charge in [0.2, 0.25) is 5.13 Å². The van der Waals surface area contributed by atoms with Crippen LogP contribution in [0.3, 0.4) is 0 Å². The van der Waals surface area contributed by atoms with Crippen molar-refractivity contribution in [2.45, 2.75) is 25.2 Å². The van der Waals surface area contributed by atoms with E-state index < -0.39 is 20.7 Å². The standard InChI is InChI=1S/C12H15FN4O2S2/c1-7(2)5-11-15-16-12(20-11)17-21(18,19)10-6-8(14)3-4-9(10)13/h3-4,6-7H,5,14H2,1-2H3,(H,16,17). The molecule has 0 saturated heterocycles. The third-order valence-electron chi connectivity index (χ3n) is 2.52. The predicted octanol–water partition coefficient (Wildman–Crippen LogP) is 2.26. The Bertz CT molecular complexity index is 743. The van der Waals surface area contributed by atoms with E-state index in [1.165, 1.54) is 6.07 Å². The smallest absolute Gasteiger partial charge is 0.266 e. The fourth-order valence-electron chi connectivity index (χ4n) is 1.62. The molecule has 0 saturated carbocycles. The number of nitrogen functional groups attached to an aromatic ring is 1. The first-order valence-corrected chi connectivity index (χ1v) is 8.48. The molecule has 0 atom stereocenters. The lowest BCUT2D eigenvalue weighted by Gasteiger charge is -2.06. The highest BCUT2D eigenvalue weighted by Crippen LogP contribution is 2.24. The van der Waals surface area contributed by atoms with Crippen LogP contribution in [0.5, 0.6) is 0 Å². The summed E-state index contributed by atoms with van der Waals surface area (Å²) < 4.78 is 40.1. The molecule has 3 N–H and O–H groups in total. The molecule has 114 valence electrons. The van der Waals surface area contributed by atoms with Crippen molar-refractivity contribution >= 4 is 32.2 Å². The maximum Gasteiger partial charge on any atom is 0.266 e. The number of nitrogens with two attached hydrogens (primary N) is 1. The number of anilines is 2. The Morgan fingerprint density at radius 1 is 1.38 bits per heavy atom. The van der Waals surface area contributed by atoms with Crippen LogP contribution >= 0.6 is 11.3 Å². The molecule has 0 aliphatic carbocycles. The monoisotopic (exact) mass is 330 g/mol. The highest BCUT2D eigenvalue weighted by molar-refractivity contribution is 7.93. The molecular weight excluding hydrogens is 315 g/mol. The second-order valence-electron chi connectivity index (χ2n) is 4.89. The number of rotatable bonds is 5. The van der Waals surface area contributed by atoms with Crippen molar-refractivity contribution in [1.29, 1.82) is 0 Å². The average molecular weight is 330 g/mol. The highest BCUT2D eigenvalue weighted by atomic mass is 32.2. The van der Waals surface area contributed by atoms with Crippen LogP contribution in [0.1, 0.15) is 18.9 Å². The Morgan fingerprint density at radius 3 is 2.76 bits per heavy atom. The molecule has 0 spiro atoms. The number of nitrogens with one attached hydrogen (secondary N) is 1. The van der Waals surface area contributed by atoms with Crippen LogP contribution in [0.15, 0.2) is 23.1 Å². The summed E-state index contributed by atoms with van der Waals surface area (Å²) in [4.78, 5) is -0.511. The molecule has 9 heteroatoms. The van der Waals surface area contributed by atoms with Crippen molar-refractivity contribution < 1.29 is 12.8 Å². The van der Waals surface area contributed by atoms with Crippen molar-refractivity contribution in [1.82, 2.24) is 10.2 Å². The van der Waals surface area contributed by atoms with E-state index in [1.807, 2.05) is 13.8 Å². The van der Waals surface area contributed by atoms with E-state index in [0.29, 0.717) is 12.3 Å². The third-order valence-corrected chi connectivity index (χ3v) is 4.86. The number of nitrogens with zero attached hydrogens (tertiary/aromatic N) is 2. The van der Waals surface area contributed by atoms with Gasteiger partial charge in [0.25, 0.3) is 10.0 Å². The van der Waals surface area contributed by atoms with Gasteiger partial charge < -0.3 is 5.73 Å². The van der Waals surface area contributed by atoms with Crippen LogP contribution in [0.2, 0.25) is 0 Å². The van der Waals surface area contributed by atoms with E-state index in [2.05, 4.69) is 14.9 Å². The molecule has 0 amide bonds. The first-order chi connectivity index (χ1) is 9.78. The Balaban J connectivity index is 2.25. The Morgan fingerprint density at radius 2 is 2.10 bits per heavy atom. The Kier molecular flexibility index (Phi) is 4.43. The van der Waals surface area contributed by atoms with Gasteiger partial charge in [0.05, 0.1) is 0 Å². The van der Waals surface area contributed by atoms with Crippen molar-refractivity contribution in [2.24, 2.45) is 5.92 Å². The number of aromatic nitrogens is 2. The number of hydrogen-bond donors (Lipinski definition) is 2.